The van der Waals surface area contributed by atoms with Gasteiger partial charge >= 0.3 is 24.1 Å². The number of rotatable bonds is 10. The van der Waals surface area contributed by atoms with Crippen molar-refractivity contribution in [2.45, 2.75) is 78.2 Å². The highest BCUT2D eigenvalue weighted by atomic mass is 16.6. The molecule has 0 radical (unpaired) electrons. The third-order valence-corrected chi connectivity index (χ3v) is 5.53. The molecule has 1 atom stereocenters. The van der Waals surface area contributed by atoms with Crippen molar-refractivity contribution in [3.8, 4) is 0 Å². The number of nitrogens with one attached hydrogen (secondary N) is 1. The Morgan fingerprint density at radius 3 is 2.08 bits per heavy atom. The zero-order chi connectivity index (χ0) is 29.1. The quantitative estimate of drug-likeness (QED) is 0.345. The van der Waals surface area contributed by atoms with E-state index in [0.717, 1.165) is 5.56 Å². The Hall–Kier alpha value is -3.34. The minimum Gasteiger partial charge on any atom is -0.464 e. The molecule has 11 heteroatoms. The zero-order valence-corrected chi connectivity index (χ0v) is 24.0. The Balaban J connectivity index is 1.70. The van der Waals surface area contributed by atoms with Gasteiger partial charge in [-0.15, -0.1) is 0 Å². The highest BCUT2D eigenvalue weighted by Gasteiger charge is 2.29. The Labute approximate surface area is 231 Å². The summed E-state index contributed by atoms with van der Waals surface area (Å²) in [5.74, 6) is -1.14. The van der Waals surface area contributed by atoms with Crippen molar-refractivity contribution in [2.24, 2.45) is 0 Å². The molecular weight excluding hydrogens is 506 g/mol. The van der Waals surface area contributed by atoms with Gasteiger partial charge in [0.15, 0.2) is 0 Å². The summed E-state index contributed by atoms with van der Waals surface area (Å²) in [6.07, 6.45) is -1.18. The van der Waals surface area contributed by atoms with Gasteiger partial charge in [0, 0.05) is 39.1 Å². The molecule has 1 aliphatic rings. The smallest absolute Gasteiger partial charge is 0.410 e. The van der Waals surface area contributed by atoms with Gasteiger partial charge in [-0.1, -0.05) is 30.3 Å². The third kappa shape index (κ3) is 13.3. The van der Waals surface area contributed by atoms with Crippen LogP contribution >= 0.6 is 0 Å². The fraction of sp³-hybridized carbons (Fsp3) is 0.643. The Morgan fingerprint density at radius 1 is 0.872 bits per heavy atom. The first-order chi connectivity index (χ1) is 18.2. The highest BCUT2D eigenvalue weighted by Crippen LogP contribution is 2.13. The number of carbonyl (C=O) groups is 4. The van der Waals surface area contributed by atoms with Crippen molar-refractivity contribution in [1.82, 2.24) is 15.1 Å². The van der Waals surface area contributed by atoms with Crippen molar-refractivity contribution in [2.75, 3.05) is 39.3 Å². The number of carbonyl (C=O) groups excluding carboxylic acids is 4. The van der Waals surface area contributed by atoms with Crippen LogP contribution < -0.4 is 5.32 Å². The van der Waals surface area contributed by atoms with Gasteiger partial charge in [0.05, 0.1) is 0 Å². The first kappa shape index (κ1) is 31.9. The van der Waals surface area contributed by atoms with Crippen LogP contribution in [0, 0.1) is 0 Å². The van der Waals surface area contributed by atoms with Crippen molar-refractivity contribution in [1.29, 1.82) is 0 Å². The second kappa shape index (κ2) is 14.7. The molecule has 0 aromatic heterocycles. The molecule has 0 unspecified atom stereocenters. The lowest BCUT2D eigenvalue weighted by molar-refractivity contribution is -0.158. The predicted octanol–water partition coefficient (Wildman–Crippen LogP) is 3.50. The molecule has 1 aromatic carbocycles. The van der Waals surface area contributed by atoms with Crippen LogP contribution in [0.4, 0.5) is 9.59 Å². The molecular formula is C28H43N3O8. The van der Waals surface area contributed by atoms with E-state index < -0.39 is 35.3 Å². The summed E-state index contributed by atoms with van der Waals surface area (Å²) in [5, 5.41) is 2.50. The predicted molar refractivity (Wildman–Crippen MR) is 144 cm³/mol. The number of nitrogens with zero attached hydrogens (tertiary/aromatic N) is 2. The van der Waals surface area contributed by atoms with Crippen LogP contribution in [0.5, 0.6) is 0 Å². The van der Waals surface area contributed by atoms with E-state index in [9.17, 15) is 19.2 Å². The van der Waals surface area contributed by atoms with E-state index in [1.54, 1.807) is 46.4 Å². The second-order valence-electron chi connectivity index (χ2n) is 11.4. The van der Waals surface area contributed by atoms with Gasteiger partial charge < -0.3 is 29.2 Å². The molecule has 1 N–H and O–H groups in total. The lowest BCUT2D eigenvalue weighted by Crippen LogP contribution is -2.49. The first-order valence-corrected chi connectivity index (χ1v) is 13.3. The van der Waals surface area contributed by atoms with Crippen LogP contribution in [0.1, 0.15) is 59.9 Å². The van der Waals surface area contributed by atoms with Crippen molar-refractivity contribution in [3.63, 3.8) is 0 Å². The fourth-order valence-corrected chi connectivity index (χ4v) is 3.66. The summed E-state index contributed by atoms with van der Waals surface area (Å²) < 4.78 is 21.3. The van der Waals surface area contributed by atoms with Crippen LogP contribution in [0.15, 0.2) is 30.3 Å². The molecule has 0 spiro atoms. The number of hydrogen-bond acceptors (Lipinski definition) is 9. The lowest BCUT2D eigenvalue weighted by Gasteiger charge is -2.33. The van der Waals surface area contributed by atoms with Gasteiger partial charge in [-0.2, -0.15) is 0 Å². The van der Waals surface area contributed by atoms with Gasteiger partial charge in [-0.05, 0) is 53.5 Å². The van der Waals surface area contributed by atoms with Gasteiger partial charge in [0.25, 0.3) is 0 Å². The van der Waals surface area contributed by atoms with Gasteiger partial charge in [-0.3, -0.25) is 9.69 Å². The monoisotopic (exact) mass is 549 g/mol. The molecule has 0 bridgehead atoms. The van der Waals surface area contributed by atoms with Gasteiger partial charge in [-0.25, -0.2) is 14.4 Å². The summed E-state index contributed by atoms with van der Waals surface area (Å²) in [6.45, 7) is 13.5. The van der Waals surface area contributed by atoms with E-state index in [0.29, 0.717) is 32.7 Å². The summed E-state index contributed by atoms with van der Waals surface area (Å²) in [7, 11) is 0. The topological polar surface area (TPSA) is 124 Å². The first-order valence-electron chi connectivity index (χ1n) is 13.3. The van der Waals surface area contributed by atoms with E-state index in [1.807, 2.05) is 30.3 Å². The zero-order valence-electron chi connectivity index (χ0n) is 24.0. The summed E-state index contributed by atoms with van der Waals surface area (Å²) >= 11 is 0. The van der Waals surface area contributed by atoms with E-state index in [2.05, 4.69) is 10.2 Å². The summed E-state index contributed by atoms with van der Waals surface area (Å²) in [6, 6.07) is 8.46. The molecule has 2 amide bonds. The number of esters is 2. The van der Waals surface area contributed by atoms with Crippen LogP contribution in [0.2, 0.25) is 0 Å². The van der Waals surface area contributed by atoms with Crippen LogP contribution in [-0.4, -0.2) is 90.5 Å². The Morgan fingerprint density at radius 2 is 1.49 bits per heavy atom. The van der Waals surface area contributed by atoms with E-state index in [-0.39, 0.29) is 32.1 Å². The maximum atomic E-state index is 12.6. The normalized spacial score (nSPS) is 15.2. The van der Waals surface area contributed by atoms with Crippen LogP contribution in [-0.2, 0) is 35.1 Å². The van der Waals surface area contributed by atoms with E-state index >= 15 is 0 Å². The average molecular weight is 550 g/mol. The van der Waals surface area contributed by atoms with E-state index in [1.165, 1.54) is 0 Å². The fourth-order valence-electron chi connectivity index (χ4n) is 3.66. The molecule has 11 nitrogen and oxygen atoms in total. The molecule has 1 saturated heterocycles. The third-order valence-electron chi connectivity index (χ3n) is 5.53. The van der Waals surface area contributed by atoms with Crippen molar-refractivity contribution < 1.29 is 38.1 Å². The highest BCUT2D eigenvalue weighted by molar-refractivity contribution is 5.82. The Bertz CT molecular complexity index is 948. The van der Waals surface area contributed by atoms with Gasteiger partial charge in [0.1, 0.15) is 30.5 Å². The number of piperazine rings is 1. The minimum absolute atomic E-state index is 0.0107. The molecule has 1 aliphatic heterocycles. The summed E-state index contributed by atoms with van der Waals surface area (Å²) in [4.78, 5) is 53.2. The molecule has 1 aromatic rings. The maximum absolute atomic E-state index is 12.6. The van der Waals surface area contributed by atoms with Crippen LogP contribution in [0.3, 0.4) is 0 Å². The minimum atomic E-state index is -1.05. The number of amides is 2. The largest absolute Gasteiger partial charge is 0.464 e. The number of ether oxygens (including phenoxy) is 4. The van der Waals surface area contributed by atoms with Crippen molar-refractivity contribution >= 4 is 24.1 Å². The van der Waals surface area contributed by atoms with Gasteiger partial charge in [0.2, 0.25) is 0 Å². The standard InChI is InChI=1S/C28H43N3O8/c1-27(2,3)38-24(33)22(29-25(34)39-28(4,5)6)12-13-23(32)36-19-18-30-14-16-31(17-15-30)26(35)37-20-21-10-8-7-9-11-21/h7-11,22H,12-20H2,1-6H3,(H,29,34)/t22-/m0/s1. The number of hydrogen-bond donors (Lipinski definition) is 1. The SMILES string of the molecule is CC(C)(C)OC(=O)N[C@@H](CCC(=O)OCCN1CCN(C(=O)OCc2ccccc2)CC1)C(=O)OC(C)(C)C. The lowest BCUT2D eigenvalue weighted by atomic mass is 10.1. The van der Waals surface area contributed by atoms with E-state index in [4.69, 9.17) is 18.9 Å². The Kier molecular flexibility index (Phi) is 12.0. The maximum Gasteiger partial charge on any atom is 0.410 e. The second-order valence-corrected chi connectivity index (χ2v) is 11.4. The molecule has 0 saturated carbocycles. The number of benzene rings is 1. The number of alkyl carbamates (subject to hydrolysis) is 1. The molecule has 39 heavy (non-hydrogen) atoms. The molecule has 218 valence electrons. The molecule has 1 heterocycles. The summed E-state index contributed by atoms with van der Waals surface area (Å²) in [5.41, 5.74) is -0.562. The molecule has 0 aliphatic carbocycles. The molecule has 2 rings (SSSR count). The van der Waals surface area contributed by atoms with Crippen molar-refractivity contribution in [3.05, 3.63) is 35.9 Å². The average Bonchev–Trinajstić information content (AvgIpc) is 2.84. The van der Waals surface area contributed by atoms with Crippen LogP contribution in [0.25, 0.3) is 0 Å². The molecule has 1 fully saturated rings.